The first-order valence-corrected chi connectivity index (χ1v) is 6.85. The van der Waals surface area contributed by atoms with Crippen molar-refractivity contribution in [2.45, 2.75) is 39.7 Å². The van der Waals surface area contributed by atoms with Crippen LogP contribution in [0.4, 0.5) is 4.79 Å². The zero-order valence-electron chi connectivity index (χ0n) is 12.0. The second-order valence-electron chi connectivity index (χ2n) is 4.78. The normalized spacial score (nSPS) is 11.7. The van der Waals surface area contributed by atoms with Gasteiger partial charge in [0, 0.05) is 6.54 Å². The van der Waals surface area contributed by atoms with E-state index in [4.69, 9.17) is 4.74 Å². The third kappa shape index (κ3) is 6.70. The minimum atomic E-state index is -0.131. The maximum Gasteiger partial charge on any atom is 0.315 e. The van der Waals surface area contributed by atoms with Crippen LogP contribution in [0.1, 0.15) is 32.3 Å². The predicted molar refractivity (Wildman–Crippen MR) is 77.6 cm³/mol. The molecule has 0 aliphatic carbocycles. The van der Waals surface area contributed by atoms with E-state index in [1.54, 1.807) is 0 Å². The third-order valence-electron chi connectivity index (χ3n) is 2.71. The Morgan fingerprint density at radius 2 is 2.00 bits per heavy atom. The highest BCUT2D eigenvalue weighted by molar-refractivity contribution is 5.74. The molecule has 0 saturated carbocycles. The number of urea groups is 1. The summed E-state index contributed by atoms with van der Waals surface area (Å²) in [5, 5.41) is 5.66. The van der Waals surface area contributed by atoms with E-state index in [1.807, 2.05) is 38.1 Å². The van der Waals surface area contributed by atoms with Crippen molar-refractivity contribution in [2.24, 2.45) is 0 Å². The van der Waals surface area contributed by atoms with E-state index >= 15 is 0 Å². The van der Waals surface area contributed by atoms with Gasteiger partial charge in [0.1, 0.15) is 12.4 Å². The lowest BCUT2D eigenvalue weighted by atomic mass is 10.2. The minimum absolute atomic E-state index is 0.0251. The van der Waals surface area contributed by atoms with Gasteiger partial charge in [0.15, 0.2) is 0 Å². The average molecular weight is 264 g/mol. The Kier molecular flexibility index (Phi) is 6.79. The fourth-order valence-corrected chi connectivity index (χ4v) is 1.55. The Balaban J connectivity index is 2.21. The number of carbonyl (C=O) groups is 1. The number of nitrogens with one attached hydrogen (secondary N) is 2. The number of benzene rings is 1. The van der Waals surface area contributed by atoms with E-state index in [-0.39, 0.29) is 12.1 Å². The highest BCUT2D eigenvalue weighted by atomic mass is 16.5. The molecule has 0 aliphatic rings. The molecule has 4 nitrogen and oxygen atoms in total. The summed E-state index contributed by atoms with van der Waals surface area (Å²) in [6.45, 7) is 7.23. The molecule has 19 heavy (non-hydrogen) atoms. The molecule has 0 saturated heterocycles. The first-order chi connectivity index (χ1) is 9.11. The van der Waals surface area contributed by atoms with Gasteiger partial charge in [0.05, 0.1) is 6.04 Å². The molecule has 0 aliphatic heterocycles. The van der Waals surface area contributed by atoms with Crippen LogP contribution in [0.15, 0.2) is 24.3 Å². The van der Waals surface area contributed by atoms with Gasteiger partial charge in [0.2, 0.25) is 0 Å². The van der Waals surface area contributed by atoms with Gasteiger partial charge < -0.3 is 15.4 Å². The highest BCUT2D eigenvalue weighted by Gasteiger charge is 2.07. The quantitative estimate of drug-likeness (QED) is 0.744. The van der Waals surface area contributed by atoms with E-state index in [2.05, 4.69) is 17.6 Å². The van der Waals surface area contributed by atoms with Crippen LogP contribution in [0, 0.1) is 6.92 Å². The summed E-state index contributed by atoms with van der Waals surface area (Å²) in [5.74, 6) is 0.825. The zero-order chi connectivity index (χ0) is 14.1. The Labute approximate surface area is 115 Å². The molecule has 106 valence electrons. The smallest absolute Gasteiger partial charge is 0.315 e. The number of rotatable bonds is 7. The summed E-state index contributed by atoms with van der Waals surface area (Å²) < 4.78 is 5.61. The monoisotopic (exact) mass is 264 g/mol. The van der Waals surface area contributed by atoms with Crippen LogP contribution in [0.3, 0.4) is 0 Å². The number of hydrogen-bond donors (Lipinski definition) is 2. The van der Waals surface area contributed by atoms with E-state index in [1.165, 1.54) is 5.56 Å². The summed E-state index contributed by atoms with van der Waals surface area (Å²) in [6, 6.07) is 7.72. The number of hydrogen-bond acceptors (Lipinski definition) is 2. The van der Waals surface area contributed by atoms with E-state index < -0.39 is 0 Å². The Bertz CT molecular complexity index is 376. The van der Waals surface area contributed by atoms with Gasteiger partial charge >= 0.3 is 6.03 Å². The van der Waals surface area contributed by atoms with Gasteiger partial charge in [-0.15, -0.1) is 0 Å². The molecule has 2 N–H and O–H groups in total. The van der Waals surface area contributed by atoms with Crippen LogP contribution in [0.25, 0.3) is 0 Å². The maximum atomic E-state index is 11.5. The van der Waals surface area contributed by atoms with Gasteiger partial charge in [-0.1, -0.05) is 31.0 Å². The molecular weight excluding hydrogens is 240 g/mol. The molecule has 0 heterocycles. The number of aryl methyl sites for hydroxylation is 1. The summed E-state index contributed by atoms with van der Waals surface area (Å²) in [6.07, 6.45) is 2.08. The van der Waals surface area contributed by atoms with Gasteiger partial charge in [-0.3, -0.25) is 0 Å². The number of carbonyl (C=O) groups excluding carboxylic acids is 1. The average Bonchev–Trinajstić information content (AvgIpc) is 2.38. The standard InChI is InChI=1S/C15H24N2O2/c1-4-5-10-16-15(18)17-13(3)11-19-14-8-6-12(2)7-9-14/h6-9,13H,4-5,10-11H2,1-3H3,(H2,16,17,18). The van der Waals surface area contributed by atoms with E-state index in [9.17, 15) is 4.79 Å². The fraction of sp³-hybridized carbons (Fsp3) is 0.533. The lowest BCUT2D eigenvalue weighted by Crippen LogP contribution is -2.43. The Morgan fingerprint density at radius 1 is 1.32 bits per heavy atom. The molecule has 1 rings (SSSR count). The third-order valence-corrected chi connectivity index (χ3v) is 2.71. The summed E-state index contributed by atoms with van der Waals surface area (Å²) in [4.78, 5) is 11.5. The molecular formula is C15H24N2O2. The molecule has 1 aromatic rings. The van der Waals surface area contributed by atoms with Crippen molar-refractivity contribution < 1.29 is 9.53 Å². The van der Waals surface area contributed by atoms with Crippen molar-refractivity contribution in [3.05, 3.63) is 29.8 Å². The minimum Gasteiger partial charge on any atom is -0.491 e. The van der Waals surface area contributed by atoms with Crippen molar-refractivity contribution in [3.63, 3.8) is 0 Å². The molecule has 0 radical (unpaired) electrons. The lowest BCUT2D eigenvalue weighted by Gasteiger charge is -2.15. The van der Waals surface area contributed by atoms with Gasteiger partial charge in [-0.2, -0.15) is 0 Å². The zero-order valence-corrected chi connectivity index (χ0v) is 12.0. The largest absolute Gasteiger partial charge is 0.491 e. The summed E-state index contributed by atoms with van der Waals surface area (Å²) >= 11 is 0. The van der Waals surface area contributed by atoms with Crippen molar-refractivity contribution >= 4 is 6.03 Å². The summed E-state index contributed by atoms with van der Waals surface area (Å²) in [7, 11) is 0. The van der Waals surface area contributed by atoms with Crippen LogP contribution in [-0.2, 0) is 0 Å². The highest BCUT2D eigenvalue weighted by Crippen LogP contribution is 2.11. The molecule has 0 aromatic heterocycles. The second kappa shape index (κ2) is 8.40. The SMILES string of the molecule is CCCCNC(=O)NC(C)COc1ccc(C)cc1. The van der Waals surface area contributed by atoms with Crippen molar-refractivity contribution in [2.75, 3.05) is 13.2 Å². The number of ether oxygens (including phenoxy) is 1. The molecule has 1 unspecified atom stereocenters. The van der Waals surface area contributed by atoms with E-state index in [0.717, 1.165) is 18.6 Å². The maximum absolute atomic E-state index is 11.5. The van der Waals surface area contributed by atoms with Gasteiger partial charge in [-0.05, 0) is 32.4 Å². The van der Waals surface area contributed by atoms with Crippen LogP contribution in [0.2, 0.25) is 0 Å². The van der Waals surface area contributed by atoms with Crippen molar-refractivity contribution in [3.8, 4) is 5.75 Å². The van der Waals surface area contributed by atoms with Gasteiger partial charge in [-0.25, -0.2) is 4.79 Å². The molecule has 0 spiro atoms. The van der Waals surface area contributed by atoms with Crippen LogP contribution in [-0.4, -0.2) is 25.2 Å². The Morgan fingerprint density at radius 3 is 2.63 bits per heavy atom. The molecule has 1 aromatic carbocycles. The predicted octanol–water partition coefficient (Wildman–Crippen LogP) is 2.86. The van der Waals surface area contributed by atoms with Crippen LogP contribution < -0.4 is 15.4 Å². The second-order valence-corrected chi connectivity index (χ2v) is 4.78. The molecule has 2 amide bonds. The van der Waals surface area contributed by atoms with E-state index in [0.29, 0.717) is 13.2 Å². The lowest BCUT2D eigenvalue weighted by molar-refractivity contribution is 0.226. The summed E-state index contributed by atoms with van der Waals surface area (Å²) in [5.41, 5.74) is 1.20. The number of unbranched alkanes of at least 4 members (excludes halogenated alkanes) is 1. The van der Waals surface area contributed by atoms with Crippen LogP contribution in [0.5, 0.6) is 5.75 Å². The molecule has 0 bridgehead atoms. The van der Waals surface area contributed by atoms with Crippen LogP contribution >= 0.6 is 0 Å². The molecule has 0 fully saturated rings. The Hall–Kier alpha value is -1.71. The topological polar surface area (TPSA) is 50.4 Å². The fourth-order valence-electron chi connectivity index (χ4n) is 1.55. The first-order valence-electron chi connectivity index (χ1n) is 6.85. The molecule has 4 heteroatoms. The molecule has 1 atom stereocenters. The van der Waals surface area contributed by atoms with Crippen molar-refractivity contribution in [1.29, 1.82) is 0 Å². The first kappa shape index (κ1) is 15.3. The van der Waals surface area contributed by atoms with Gasteiger partial charge in [0.25, 0.3) is 0 Å². The van der Waals surface area contributed by atoms with Crippen molar-refractivity contribution in [1.82, 2.24) is 10.6 Å². The number of amides is 2.